The van der Waals surface area contributed by atoms with Crippen LogP contribution in [0, 0.1) is 0 Å². The second kappa shape index (κ2) is 8.79. The third-order valence-corrected chi connectivity index (χ3v) is 9.33. The van der Waals surface area contributed by atoms with Gasteiger partial charge in [0.15, 0.2) is 0 Å². The second-order valence-electron chi connectivity index (χ2n) is 4.74. The minimum Gasteiger partial charge on any atom is -0.284 e. The lowest BCUT2D eigenvalue weighted by Gasteiger charge is -2.42. The highest BCUT2D eigenvalue weighted by molar-refractivity contribution is 8.20. The maximum Gasteiger partial charge on any atom is 0.125 e. The first-order valence-electron chi connectivity index (χ1n) is 7.73. The Bertz CT molecular complexity index is 478. The minimum absolute atomic E-state index is 0.954. The van der Waals surface area contributed by atoms with Gasteiger partial charge in [-0.05, 0) is 0 Å². The van der Waals surface area contributed by atoms with Gasteiger partial charge in [0.1, 0.15) is 11.8 Å². The molecule has 1 aromatic carbocycles. The van der Waals surface area contributed by atoms with Crippen molar-refractivity contribution in [2.75, 3.05) is 33.2 Å². The summed E-state index contributed by atoms with van der Waals surface area (Å²) >= 11 is 6.28. The lowest BCUT2D eigenvalue weighted by molar-refractivity contribution is 0.430. The topological polar surface area (TPSA) is 18.8 Å². The van der Waals surface area contributed by atoms with Gasteiger partial charge in [-0.2, -0.15) is 0 Å². The van der Waals surface area contributed by atoms with Crippen LogP contribution in [0.3, 0.4) is 0 Å². The molecule has 0 saturated carbocycles. The molecule has 0 amide bonds. The summed E-state index contributed by atoms with van der Waals surface area (Å²) in [6.45, 7) is 12.6. The van der Waals surface area contributed by atoms with Gasteiger partial charge in [0.25, 0.3) is 0 Å². The van der Waals surface area contributed by atoms with Crippen molar-refractivity contribution in [1.29, 1.82) is 0 Å². The van der Waals surface area contributed by atoms with Gasteiger partial charge in [-0.15, -0.1) is 0 Å². The van der Waals surface area contributed by atoms with E-state index in [2.05, 4.69) is 66.3 Å². The first-order valence-corrected chi connectivity index (χ1v) is 10.4. The highest BCUT2D eigenvalue weighted by Gasteiger charge is 2.34. The van der Waals surface area contributed by atoms with Gasteiger partial charge in [-0.1, -0.05) is 69.8 Å². The fourth-order valence-corrected chi connectivity index (χ4v) is 7.80. The van der Waals surface area contributed by atoms with E-state index < -0.39 is 6.34 Å². The standard InChI is InChI=1S/C16H28N3PS/c1-6-18(7-2)20(21,19(8-3)9-4)16(17-5)15-13-11-10-12-14-15/h10-14H,6-9H2,1-5H3. The summed E-state index contributed by atoms with van der Waals surface area (Å²) in [6, 6.07) is 10.4. The zero-order valence-electron chi connectivity index (χ0n) is 13.9. The molecule has 0 aliphatic heterocycles. The van der Waals surface area contributed by atoms with Crippen LogP contribution < -0.4 is 0 Å². The zero-order valence-corrected chi connectivity index (χ0v) is 15.6. The van der Waals surface area contributed by atoms with Crippen LogP contribution in [0.2, 0.25) is 0 Å². The minimum atomic E-state index is -2.02. The van der Waals surface area contributed by atoms with E-state index in [1.165, 1.54) is 0 Å². The third kappa shape index (κ3) is 3.81. The van der Waals surface area contributed by atoms with E-state index in [0.29, 0.717) is 0 Å². The molecule has 1 rings (SSSR count). The lowest BCUT2D eigenvalue weighted by Crippen LogP contribution is -2.35. The smallest absolute Gasteiger partial charge is 0.125 e. The van der Waals surface area contributed by atoms with E-state index in [4.69, 9.17) is 11.8 Å². The Balaban J connectivity index is 3.45. The Morgan fingerprint density at radius 1 is 0.952 bits per heavy atom. The molecule has 0 N–H and O–H groups in total. The first kappa shape index (κ1) is 18.5. The molecule has 0 aliphatic rings. The van der Waals surface area contributed by atoms with Crippen molar-refractivity contribution >= 4 is 23.6 Å². The average Bonchev–Trinajstić information content (AvgIpc) is 2.51. The lowest BCUT2D eigenvalue weighted by atomic mass is 10.2. The molecule has 21 heavy (non-hydrogen) atoms. The Hall–Kier alpha value is -0.540. The molecule has 0 atom stereocenters. The Morgan fingerprint density at radius 3 is 1.71 bits per heavy atom. The number of aliphatic imine (C=N–C) groups is 1. The number of nitrogens with zero attached hydrogens (tertiary/aromatic N) is 3. The van der Waals surface area contributed by atoms with E-state index in [1.807, 2.05) is 13.1 Å². The van der Waals surface area contributed by atoms with Crippen molar-refractivity contribution in [3.8, 4) is 0 Å². The zero-order chi connectivity index (χ0) is 15.9. The molecule has 3 nitrogen and oxygen atoms in total. The molecule has 0 radical (unpaired) electrons. The Kier molecular flexibility index (Phi) is 7.75. The summed E-state index contributed by atoms with van der Waals surface area (Å²) in [6.07, 6.45) is -2.02. The molecule has 0 saturated heterocycles. The number of hydrogen-bond donors (Lipinski definition) is 0. The van der Waals surface area contributed by atoms with Crippen LogP contribution in [-0.2, 0) is 11.8 Å². The fraction of sp³-hybridized carbons (Fsp3) is 0.562. The molecule has 0 spiro atoms. The molecule has 0 unspecified atom stereocenters. The summed E-state index contributed by atoms with van der Waals surface area (Å²) in [5.74, 6) is 0. The highest BCUT2D eigenvalue weighted by Crippen LogP contribution is 2.56. The molecule has 0 heterocycles. The summed E-state index contributed by atoms with van der Waals surface area (Å²) in [5.41, 5.74) is 2.23. The molecule has 5 heteroatoms. The average molecular weight is 325 g/mol. The third-order valence-electron chi connectivity index (χ3n) is 3.75. The molecule has 0 bridgehead atoms. The number of rotatable bonds is 8. The molecule has 0 aromatic heterocycles. The summed E-state index contributed by atoms with van der Waals surface area (Å²) in [7, 11) is 1.87. The van der Waals surface area contributed by atoms with Crippen LogP contribution in [0.15, 0.2) is 35.3 Å². The van der Waals surface area contributed by atoms with Crippen LogP contribution in [0.25, 0.3) is 0 Å². The van der Waals surface area contributed by atoms with E-state index in [0.717, 1.165) is 37.2 Å². The van der Waals surface area contributed by atoms with E-state index in [9.17, 15) is 0 Å². The molecule has 0 aliphatic carbocycles. The number of benzene rings is 1. The maximum atomic E-state index is 6.28. The van der Waals surface area contributed by atoms with Gasteiger partial charge in [0.05, 0.1) is 0 Å². The van der Waals surface area contributed by atoms with Crippen LogP contribution in [0.5, 0.6) is 0 Å². The van der Waals surface area contributed by atoms with Crippen LogP contribution in [-0.4, -0.2) is 48.0 Å². The van der Waals surface area contributed by atoms with Crippen molar-refractivity contribution in [3.63, 3.8) is 0 Å². The van der Waals surface area contributed by atoms with Crippen molar-refractivity contribution < 1.29 is 0 Å². The summed E-state index contributed by atoms with van der Waals surface area (Å²) < 4.78 is 4.84. The van der Waals surface area contributed by atoms with E-state index in [-0.39, 0.29) is 0 Å². The predicted molar refractivity (Wildman–Crippen MR) is 99.0 cm³/mol. The molecule has 0 fully saturated rings. The summed E-state index contributed by atoms with van der Waals surface area (Å²) in [5, 5.41) is 0. The Morgan fingerprint density at radius 2 is 1.38 bits per heavy atom. The van der Waals surface area contributed by atoms with Gasteiger partial charge in [0, 0.05) is 38.8 Å². The summed E-state index contributed by atoms with van der Waals surface area (Å²) in [4.78, 5) is 4.64. The van der Waals surface area contributed by atoms with E-state index >= 15 is 0 Å². The van der Waals surface area contributed by atoms with Gasteiger partial charge in [0.2, 0.25) is 0 Å². The molecular formula is C16H28N3PS. The van der Waals surface area contributed by atoms with Gasteiger partial charge in [-0.25, -0.2) is 0 Å². The highest BCUT2D eigenvalue weighted by atomic mass is 32.4. The van der Waals surface area contributed by atoms with Crippen LogP contribution >= 0.6 is 6.34 Å². The van der Waals surface area contributed by atoms with Crippen molar-refractivity contribution in [2.24, 2.45) is 4.99 Å². The number of hydrogen-bond acceptors (Lipinski definition) is 2. The Labute approximate surface area is 135 Å². The van der Waals surface area contributed by atoms with E-state index in [1.54, 1.807) is 0 Å². The van der Waals surface area contributed by atoms with Crippen molar-refractivity contribution in [3.05, 3.63) is 35.9 Å². The van der Waals surface area contributed by atoms with Gasteiger partial charge < -0.3 is 0 Å². The normalized spacial score (nSPS) is 13.2. The second-order valence-corrected chi connectivity index (χ2v) is 8.91. The monoisotopic (exact) mass is 325 g/mol. The fourth-order valence-electron chi connectivity index (χ4n) is 2.68. The SMILES string of the molecule is CCN(CC)P(=S)(C(=NC)c1ccccc1)N(CC)CC. The van der Waals surface area contributed by atoms with Crippen LogP contribution in [0.1, 0.15) is 33.3 Å². The predicted octanol–water partition coefficient (Wildman–Crippen LogP) is 4.06. The maximum absolute atomic E-state index is 6.28. The molecule has 1 aromatic rings. The quantitative estimate of drug-likeness (QED) is 0.531. The van der Waals surface area contributed by atoms with Crippen molar-refractivity contribution in [2.45, 2.75) is 27.7 Å². The van der Waals surface area contributed by atoms with Gasteiger partial charge in [-0.3, -0.25) is 14.3 Å². The van der Waals surface area contributed by atoms with Crippen LogP contribution in [0.4, 0.5) is 0 Å². The van der Waals surface area contributed by atoms with Gasteiger partial charge >= 0.3 is 0 Å². The molecular weight excluding hydrogens is 297 g/mol. The van der Waals surface area contributed by atoms with Crippen molar-refractivity contribution in [1.82, 2.24) is 9.34 Å². The molecule has 118 valence electrons. The first-order chi connectivity index (χ1) is 10.1. The largest absolute Gasteiger partial charge is 0.284 e.